The molecule has 0 bridgehead atoms. The predicted molar refractivity (Wildman–Crippen MR) is 113 cm³/mol. The summed E-state index contributed by atoms with van der Waals surface area (Å²) in [5.41, 5.74) is 9.62. The van der Waals surface area contributed by atoms with E-state index in [0.29, 0.717) is 25.0 Å². The van der Waals surface area contributed by atoms with E-state index in [9.17, 15) is 13.6 Å². The molecule has 0 spiro atoms. The maximum atomic E-state index is 12.8. The number of halogens is 2. The van der Waals surface area contributed by atoms with Crippen LogP contribution in [-0.2, 0) is 17.8 Å². The molecular weight excluding hydrogens is 410 g/mol. The zero-order valence-corrected chi connectivity index (χ0v) is 17.6. The Morgan fingerprint density at radius 1 is 1.33 bits per heavy atom. The average Bonchev–Trinajstić information content (AvgIpc) is 3.21. The van der Waals surface area contributed by atoms with E-state index in [1.807, 2.05) is 10.9 Å². The summed E-state index contributed by atoms with van der Waals surface area (Å²) < 4.78 is 33.2. The normalized spacial score (nSPS) is 13.1. The van der Waals surface area contributed by atoms with Crippen molar-refractivity contribution in [3.05, 3.63) is 58.1 Å². The lowest BCUT2D eigenvalue weighted by molar-refractivity contribution is -0.110. The number of hydrogen-bond donors (Lipinski definition) is 2. The highest BCUT2D eigenvalue weighted by Crippen LogP contribution is 2.40. The Morgan fingerprint density at radius 2 is 2.13 bits per heavy atom. The van der Waals surface area contributed by atoms with Crippen LogP contribution in [-0.4, -0.2) is 35.4 Å². The number of hydrogen-bond acceptors (Lipinski definition) is 5. The molecule has 1 atom stereocenters. The minimum atomic E-state index is -0.894. The Hall–Kier alpha value is -2.78. The highest BCUT2D eigenvalue weighted by Gasteiger charge is 2.20. The maximum Gasteiger partial charge on any atom is 0.207 e. The second kappa shape index (κ2) is 9.82. The summed E-state index contributed by atoms with van der Waals surface area (Å²) in [6.07, 6.45) is 2.85. The number of thiophene rings is 1. The van der Waals surface area contributed by atoms with Crippen molar-refractivity contribution in [2.24, 2.45) is 5.73 Å². The molecule has 0 saturated carbocycles. The summed E-state index contributed by atoms with van der Waals surface area (Å²) in [4.78, 5) is 11.5. The second-order valence-electron chi connectivity index (χ2n) is 6.98. The SMILES string of the molecule is Cc1cc2c(s1)OCCn1ncc(C)c1-2.NCC(Cc1ccc(F)c(F)c1)NC=O. The fraction of sp³-hybridized carbons (Fsp3) is 0.333. The van der Waals surface area contributed by atoms with Crippen LogP contribution in [0.5, 0.6) is 5.06 Å². The van der Waals surface area contributed by atoms with Crippen LogP contribution in [0.15, 0.2) is 30.5 Å². The van der Waals surface area contributed by atoms with Crippen molar-refractivity contribution in [2.45, 2.75) is 32.9 Å². The number of aromatic nitrogens is 2. The fourth-order valence-corrected chi connectivity index (χ4v) is 4.12. The third-order valence-electron chi connectivity index (χ3n) is 4.69. The minimum absolute atomic E-state index is 0.248. The van der Waals surface area contributed by atoms with Crippen molar-refractivity contribution >= 4 is 17.7 Å². The first-order valence-corrected chi connectivity index (χ1v) is 10.3. The first-order chi connectivity index (χ1) is 14.4. The Bertz CT molecular complexity index is 1020. The van der Waals surface area contributed by atoms with E-state index in [2.05, 4.69) is 30.3 Å². The van der Waals surface area contributed by atoms with E-state index in [1.54, 1.807) is 11.3 Å². The molecule has 6 nitrogen and oxygen atoms in total. The quantitative estimate of drug-likeness (QED) is 0.604. The molecule has 1 amide bonds. The number of carbonyl (C=O) groups excluding carboxylic acids is 1. The molecule has 1 unspecified atom stereocenters. The number of rotatable bonds is 5. The van der Waals surface area contributed by atoms with Gasteiger partial charge in [0.05, 0.1) is 24.0 Å². The zero-order chi connectivity index (χ0) is 21.7. The molecule has 4 rings (SSSR count). The average molecular weight is 435 g/mol. The second-order valence-corrected chi connectivity index (χ2v) is 8.19. The summed E-state index contributed by atoms with van der Waals surface area (Å²) in [5.74, 6) is -1.78. The number of amides is 1. The molecular formula is C21H24F2N4O2S. The molecule has 9 heteroatoms. The zero-order valence-electron chi connectivity index (χ0n) is 16.8. The van der Waals surface area contributed by atoms with Gasteiger partial charge in [0.1, 0.15) is 6.61 Å². The highest BCUT2D eigenvalue weighted by atomic mass is 32.1. The standard InChI is InChI=1S/C11H12N2OS.C10H12F2N2O/c1-7-6-12-13-3-4-14-11-9(10(7)13)5-8(2)15-11;11-9-2-1-7(4-10(9)12)3-8(5-13)14-6-15/h5-6H,3-4H2,1-2H3;1-2,4,6,8H,3,5,13H2,(H,14,15). The van der Waals surface area contributed by atoms with Gasteiger partial charge in [0.25, 0.3) is 0 Å². The van der Waals surface area contributed by atoms with E-state index in [1.165, 1.54) is 27.8 Å². The molecule has 1 aromatic carbocycles. The molecule has 2 aromatic heterocycles. The minimum Gasteiger partial charge on any atom is -0.481 e. The molecule has 0 fully saturated rings. The van der Waals surface area contributed by atoms with Gasteiger partial charge in [-0.25, -0.2) is 8.78 Å². The number of nitrogens with two attached hydrogens (primary N) is 1. The number of benzene rings is 1. The van der Waals surface area contributed by atoms with Crippen LogP contribution < -0.4 is 15.8 Å². The lowest BCUT2D eigenvalue weighted by Crippen LogP contribution is -2.36. The summed E-state index contributed by atoms with van der Waals surface area (Å²) in [6, 6.07) is 5.55. The Morgan fingerprint density at radius 3 is 2.83 bits per heavy atom. The largest absolute Gasteiger partial charge is 0.481 e. The van der Waals surface area contributed by atoms with E-state index < -0.39 is 11.6 Å². The van der Waals surface area contributed by atoms with Crippen LogP contribution in [0.3, 0.4) is 0 Å². The van der Waals surface area contributed by atoms with Gasteiger partial charge in [-0.05, 0) is 49.6 Å². The van der Waals surface area contributed by atoms with Crippen LogP contribution >= 0.6 is 11.3 Å². The van der Waals surface area contributed by atoms with Gasteiger partial charge in [0, 0.05) is 17.5 Å². The van der Waals surface area contributed by atoms with Gasteiger partial charge in [0.2, 0.25) is 6.41 Å². The van der Waals surface area contributed by atoms with Crippen molar-refractivity contribution < 1.29 is 18.3 Å². The molecule has 0 saturated heterocycles. The van der Waals surface area contributed by atoms with Crippen molar-refractivity contribution in [1.82, 2.24) is 15.1 Å². The van der Waals surface area contributed by atoms with Crippen LogP contribution in [0.2, 0.25) is 0 Å². The van der Waals surface area contributed by atoms with Gasteiger partial charge in [-0.15, -0.1) is 11.3 Å². The van der Waals surface area contributed by atoms with Gasteiger partial charge >= 0.3 is 0 Å². The smallest absolute Gasteiger partial charge is 0.207 e. The third kappa shape index (κ3) is 5.03. The van der Waals surface area contributed by atoms with Crippen LogP contribution in [0.4, 0.5) is 8.78 Å². The molecule has 160 valence electrons. The maximum absolute atomic E-state index is 12.8. The molecule has 1 aliphatic rings. The van der Waals surface area contributed by atoms with Gasteiger partial charge in [-0.1, -0.05) is 6.07 Å². The fourth-order valence-electron chi connectivity index (χ4n) is 3.25. The molecule has 0 aliphatic carbocycles. The van der Waals surface area contributed by atoms with Gasteiger partial charge < -0.3 is 15.8 Å². The Labute approximate surface area is 177 Å². The summed E-state index contributed by atoms with van der Waals surface area (Å²) in [7, 11) is 0. The van der Waals surface area contributed by atoms with E-state index in [0.717, 1.165) is 23.7 Å². The Balaban J connectivity index is 0.000000171. The lowest BCUT2D eigenvalue weighted by Gasteiger charge is -2.13. The number of ether oxygens (including phenoxy) is 1. The number of carbonyl (C=O) groups is 1. The van der Waals surface area contributed by atoms with Crippen LogP contribution in [0.1, 0.15) is 16.0 Å². The van der Waals surface area contributed by atoms with E-state index in [-0.39, 0.29) is 12.6 Å². The monoisotopic (exact) mass is 434 g/mol. The first-order valence-electron chi connectivity index (χ1n) is 9.52. The highest BCUT2D eigenvalue weighted by molar-refractivity contribution is 7.14. The third-order valence-corrected chi connectivity index (χ3v) is 5.65. The summed E-state index contributed by atoms with van der Waals surface area (Å²) in [5, 5.41) is 7.90. The molecule has 0 radical (unpaired) electrons. The number of fused-ring (bicyclic) bond motifs is 3. The molecule has 30 heavy (non-hydrogen) atoms. The van der Waals surface area contributed by atoms with Crippen molar-refractivity contribution in [3.63, 3.8) is 0 Å². The Kier molecular flexibility index (Phi) is 7.17. The van der Waals surface area contributed by atoms with Gasteiger partial charge in [-0.3, -0.25) is 9.48 Å². The van der Waals surface area contributed by atoms with Crippen molar-refractivity contribution in [3.8, 4) is 16.3 Å². The molecule has 3 heterocycles. The van der Waals surface area contributed by atoms with Crippen LogP contribution in [0.25, 0.3) is 11.3 Å². The topological polar surface area (TPSA) is 82.2 Å². The lowest BCUT2D eigenvalue weighted by atomic mass is 10.1. The summed E-state index contributed by atoms with van der Waals surface area (Å²) >= 11 is 1.72. The number of nitrogens with zero attached hydrogens (tertiary/aromatic N) is 2. The van der Waals surface area contributed by atoms with Crippen molar-refractivity contribution in [1.29, 1.82) is 0 Å². The molecule has 1 aliphatic heterocycles. The summed E-state index contributed by atoms with van der Waals surface area (Å²) in [6.45, 7) is 6.00. The number of aryl methyl sites for hydroxylation is 2. The van der Waals surface area contributed by atoms with Crippen LogP contribution in [0, 0.1) is 25.5 Å². The molecule has 3 aromatic rings. The van der Waals surface area contributed by atoms with Gasteiger partial charge in [0.15, 0.2) is 16.7 Å². The van der Waals surface area contributed by atoms with E-state index >= 15 is 0 Å². The molecule has 3 N–H and O–H groups in total. The predicted octanol–water partition coefficient (Wildman–Crippen LogP) is 3.20. The van der Waals surface area contributed by atoms with Gasteiger partial charge in [-0.2, -0.15) is 5.10 Å². The van der Waals surface area contributed by atoms with E-state index in [4.69, 9.17) is 10.5 Å². The van der Waals surface area contributed by atoms with Crippen molar-refractivity contribution in [2.75, 3.05) is 13.2 Å². The first kappa shape index (κ1) is 21.9. The number of nitrogens with one attached hydrogen (secondary N) is 1.